The minimum atomic E-state index is -0.745. The van der Waals surface area contributed by atoms with Gasteiger partial charge in [-0.25, -0.2) is 0 Å². The molecular weight excluding hydrogens is 396 g/mol. The van der Waals surface area contributed by atoms with Gasteiger partial charge >= 0.3 is 0 Å². The molecule has 1 saturated heterocycles. The average molecular weight is 422 g/mol. The Bertz CT molecular complexity index is 1090. The lowest BCUT2D eigenvalue weighted by molar-refractivity contribution is -0.385. The topological polar surface area (TPSA) is 85.1 Å². The molecule has 2 aliphatic heterocycles. The van der Waals surface area contributed by atoms with Gasteiger partial charge in [-0.15, -0.1) is 0 Å². The molecule has 1 saturated carbocycles. The van der Waals surface area contributed by atoms with Crippen LogP contribution in [-0.4, -0.2) is 53.9 Å². The van der Waals surface area contributed by atoms with E-state index in [0.717, 1.165) is 42.9 Å². The van der Waals surface area contributed by atoms with Crippen molar-refractivity contribution in [3.05, 3.63) is 63.2 Å². The van der Waals surface area contributed by atoms with Crippen LogP contribution in [0.25, 0.3) is 0 Å². The number of likely N-dealkylation sites (tertiary alicyclic amines) is 1. The first-order valence-corrected chi connectivity index (χ1v) is 11.0. The number of rotatable bonds is 3. The molecule has 31 heavy (non-hydrogen) atoms. The fourth-order valence-corrected chi connectivity index (χ4v) is 7.06. The van der Waals surface area contributed by atoms with E-state index in [1.54, 1.807) is 19.2 Å². The third-order valence-electron chi connectivity index (χ3n) is 8.38. The van der Waals surface area contributed by atoms with Crippen LogP contribution in [0.5, 0.6) is 11.5 Å². The van der Waals surface area contributed by atoms with Crippen molar-refractivity contribution in [2.75, 3.05) is 20.7 Å². The average Bonchev–Trinajstić information content (AvgIpc) is 3.12. The number of aliphatic hydroxyl groups is 1. The molecule has 0 radical (unpaired) electrons. The van der Waals surface area contributed by atoms with Crippen molar-refractivity contribution < 1.29 is 19.5 Å². The van der Waals surface area contributed by atoms with Crippen molar-refractivity contribution in [1.29, 1.82) is 0 Å². The number of benzene rings is 2. The number of piperidine rings is 1. The molecule has 2 aromatic carbocycles. The molecule has 4 aliphatic rings. The molecule has 6 rings (SSSR count). The first-order valence-electron chi connectivity index (χ1n) is 11.0. The molecule has 2 aromatic rings. The van der Waals surface area contributed by atoms with Gasteiger partial charge in [-0.1, -0.05) is 18.2 Å². The van der Waals surface area contributed by atoms with Crippen LogP contribution in [-0.2, 0) is 11.8 Å². The van der Waals surface area contributed by atoms with E-state index in [0.29, 0.717) is 12.0 Å². The largest absolute Gasteiger partial charge is 0.493 e. The summed E-state index contributed by atoms with van der Waals surface area (Å²) < 4.78 is 12.2. The van der Waals surface area contributed by atoms with Crippen LogP contribution in [0.3, 0.4) is 0 Å². The smallest absolute Gasteiger partial charge is 0.269 e. The normalized spacial score (nSPS) is 35.3. The van der Waals surface area contributed by atoms with Crippen molar-refractivity contribution in [3.63, 3.8) is 0 Å². The molecule has 2 aliphatic carbocycles. The van der Waals surface area contributed by atoms with Gasteiger partial charge in [0.15, 0.2) is 11.5 Å². The molecule has 162 valence electrons. The lowest BCUT2D eigenvalue weighted by Crippen LogP contribution is -2.67. The van der Waals surface area contributed by atoms with Crippen molar-refractivity contribution in [2.45, 2.75) is 48.8 Å². The zero-order valence-corrected chi connectivity index (χ0v) is 17.7. The first-order chi connectivity index (χ1) is 15.0. The van der Waals surface area contributed by atoms with Crippen LogP contribution >= 0.6 is 0 Å². The summed E-state index contributed by atoms with van der Waals surface area (Å²) in [5.41, 5.74) is 3.18. The summed E-state index contributed by atoms with van der Waals surface area (Å²) in [7, 11) is 3.84. The second kappa shape index (κ2) is 6.43. The third kappa shape index (κ3) is 2.36. The van der Waals surface area contributed by atoms with E-state index in [2.05, 4.69) is 18.0 Å². The fraction of sp³-hybridized carbons (Fsp3) is 0.500. The minimum Gasteiger partial charge on any atom is -0.493 e. The molecule has 1 spiro atoms. The van der Waals surface area contributed by atoms with E-state index in [4.69, 9.17) is 9.47 Å². The number of hydrogen-bond acceptors (Lipinski definition) is 6. The van der Waals surface area contributed by atoms with E-state index >= 15 is 0 Å². The monoisotopic (exact) mass is 422 g/mol. The highest BCUT2D eigenvalue weighted by molar-refractivity contribution is 5.61. The zero-order chi connectivity index (χ0) is 21.5. The molecule has 1 unspecified atom stereocenters. The molecule has 2 heterocycles. The lowest BCUT2D eigenvalue weighted by atomic mass is 9.49. The molecule has 0 aromatic heterocycles. The molecule has 0 amide bonds. The number of nitro benzene ring substituents is 1. The maximum absolute atomic E-state index is 11.6. The lowest BCUT2D eigenvalue weighted by Gasteiger charge is -2.60. The van der Waals surface area contributed by atoms with Crippen LogP contribution in [0.2, 0.25) is 0 Å². The van der Waals surface area contributed by atoms with Gasteiger partial charge in [-0.3, -0.25) is 10.1 Å². The second-order valence-electron chi connectivity index (χ2n) is 9.50. The van der Waals surface area contributed by atoms with E-state index < -0.39 is 6.10 Å². The quantitative estimate of drug-likeness (QED) is 0.605. The van der Waals surface area contributed by atoms with Crippen molar-refractivity contribution in [1.82, 2.24) is 4.90 Å². The van der Waals surface area contributed by atoms with Gasteiger partial charge in [0.1, 0.15) is 6.10 Å². The van der Waals surface area contributed by atoms with Crippen molar-refractivity contribution in [3.8, 4) is 11.5 Å². The Labute approximate surface area is 180 Å². The van der Waals surface area contributed by atoms with E-state index in [1.165, 1.54) is 17.2 Å². The molecule has 7 heteroatoms. The number of nitrogens with zero attached hydrogens (tertiary/aromatic N) is 2. The van der Waals surface area contributed by atoms with Gasteiger partial charge in [0, 0.05) is 35.1 Å². The highest BCUT2D eigenvalue weighted by Crippen LogP contribution is 2.65. The molecule has 2 bridgehead atoms. The number of ether oxygens (including phenoxy) is 2. The van der Waals surface area contributed by atoms with Crippen LogP contribution < -0.4 is 9.47 Å². The summed E-state index contributed by atoms with van der Waals surface area (Å²) >= 11 is 0. The number of nitro groups is 1. The van der Waals surface area contributed by atoms with Gasteiger partial charge in [-0.05, 0) is 56.0 Å². The molecule has 1 N–H and O–H groups in total. The van der Waals surface area contributed by atoms with Gasteiger partial charge in [0.25, 0.3) is 5.69 Å². The second-order valence-corrected chi connectivity index (χ2v) is 9.50. The standard InChI is InChI=1S/C24H26N2O5/c1-25-9-8-24-17-12-16(13-4-3-5-15(10-13)26(28)29)21(27)23(24)31-22-19(30-2)7-6-14(20(22)24)11-18(17)25/h3-7,10,16-18,21,23,27H,8-9,11-12H2,1-2H3/t16-,17?,18-,21+,23+,24+/m1/s1. The Morgan fingerprint density at radius 1 is 1.32 bits per heavy atom. The summed E-state index contributed by atoms with van der Waals surface area (Å²) in [5, 5.41) is 23.0. The predicted molar refractivity (Wildman–Crippen MR) is 114 cm³/mol. The van der Waals surface area contributed by atoms with Gasteiger partial charge < -0.3 is 19.5 Å². The number of aliphatic hydroxyl groups excluding tert-OH is 1. The maximum atomic E-state index is 11.6. The Morgan fingerprint density at radius 2 is 2.16 bits per heavy atom. The van der Waals surface area contributed by atoms with E-state index in [1.807, 2.05) is 12.1 Å². The van der Waals surface area contributed by atoms with Crippen LogP contribution in [0, 0.1) is 16.0 Å². The van der Waals surface area contributed by atoms with E-state index in [9.17, 15) is 15.2 Å². The Kier molecular flexibility index (Phi) is 3.96. The maximum Gasteiger partial charge on any atom is 0.269 e. The molecular formula is C24H26N2O5. The summed E-state index contributed by atoms with van der Waals surface area (Å²) in [6, 6.07) is 11.2. The summed E-state index contributed by atoms with van der Waals surface area (Å²) in [4.78, 5) is 13.4. The fourth-order valence-electron chi connectivity index (χ4n) is 7.06. The molecule has 2 fully saturated rings. The van der Waals surface area contributed by atoms with Gasteiger partial charge in [0.05, 0.1) is 18.1 Å². The first kappa shape index (κ1) is 19.1. The predicted octanol–water partition coefficient (Wildman–Crippen LogP) is 3.03. The van der Waals surface area contributed by atoms with Crippen LogP contribution in [0.4, 0.5) is 5.69 Å². The Morgan fingerprint density at radius 3 is 2.94 bits per heavy atom. The summed E-state index contributed by atoms with van der Waals surface area (Å²) in [6.07, 6.45) is 1.54. The van der Waals surface area contributed by atoms with Gasteiger partial charge in [-0.2, -0.15) is 0 Å². The number of non-ortho nitro benzene ring substituents is 1. The summed E-state index contributed by atoms with van der Waals surface area (Å²) in [6.45, 7) is 0.964. The summed E-state index contributed by atoms with van der Waals surface area (Å²) in [5.74, 6) is 1.61. The van der Waals surface area contributed by atoms with Crippen LogP contribution in [0.15, 0.2) is 36.4 Å². The Hall–Kier alpha value is -2.64. The Balaban J connectivity index is 1.51. The van der Waals surface area contributed by atoms with E-state index in [-0.39, 0.29) is 28.0 Å². The van der Waals surface area contributed by atoms with Crippen molar-refractivity contribution in [2.24, 2.45) is 5.92 Å². The number of likely N-dealkylation sites (N-methyl/N-ethyl adjacent to an activating group) is 1. The minimum absolute atomic E-state index is 0.0607. The zero-order valence-electron chi connectivity index (χ0n) is 17.7. The highest BCUT2D eigenvalue weighted by atomic mass is 16.6. The highest BCUT2D eigenvalue weighted by Gasteiger charge is 2.67. The SMILES string of the molecule is COc1ccc2c3c1O[C@H]1[C@@H](O)[C@@H](c4cccc([N+](=O)[O-])c4)CC4[C@@H](C2)N(C)CC[C@@]341. The van der Waals surface area contributed by atoms with Crippen LogP contribution in [0.1, 0.15) is 35.4 Å². The third-order valence-corrected chi connectivity index (χ3v) is 8.38. The van der Waals surface area contributed by atoms with Crippen molar-refractivity contribution >= 4 is 5.69 Å². The van der Waals surface area contributed by atoms with Gasteiger partial charge in [0.2, 0.25) is 0 Å². The number of hydrogen-bond donors (Lipinski definition) is 1. The number of methoxy groups -OCH3 is 1. The molecule has 7 nitrogen and oxygen atoms in total. The molecule has 6 atom stereocenters.